The first-order valence-corrected chi connectivity index (χ1v) is 4.22. The van der Waals surface area contributed by atoms with Gasteiger partial charge in [-0.3, -0.25) is 4.79 Å². The van der Waals surface area contributed by atoms with Gasteiger partial charge >= 0.3 is 0 Å². The summed E-state index contributed by atoms with van der Waals surface area (Å²) in [6.45, 7) is 3.49. The molecule has 62 valence electrons. The number of piperazine rings is 1. The molecule has 2 rings (SSSR count). The van der Waals surface area contributed by atoms with E-state index >= 15 is 0 Å². The van der Waals surface area contributed by atoms with Crippen LogP contribution >= 0.6 is 0 Å². The Bertz CT molecular complexity index is 177. The summed E-state index contributed by atoms with van der Waals surface area (Å²) in [6.07, 6.45) is 2.64. The van der Waals surface area contributed by atoms with Crippen LogP contribution in [0.2, 0.25) is 0 Å². The maximum Gasteiger partial charge on any atom is 0.234 e. The zero-order chi connectivity index (χ0) is 7.90. The highest BCUT2D eigenvalue weighted by molar-refractivity contribution is 5.79. The Kier molecular flexibility index (Phi) is 1.42. The largest absolute Gasteiger partial charge is 0.353 e. The van der Waals surface area contributed by atoms with Crippen molar-refractivity contribution in [1.82, 2.24) is 10.6 Å². The second-order valence-corrected chi connectivity index (χ2v) is 3.82. The van der Waals surface area contributed by atoms with Gasteiger partial charge in [-0.25, -0.2) is 0 Å². The van der Waals surface area contributed by atoms with E-state index in [1.54, 1.807) is 0 Å². The van der Waals surface area contributed by atoms with Gasteiger partial charge in [-0.15, -0.1) is 0 Å². The fourth-order valence-electron chi connectivity index (χ4n) is 1.70. The molecule has 0 radical (unpaired) electrons. The van der Waals surface area contributed by atoms with Gasteiger partial charge in [-0.2, -0.15) is 0 Å². The maximum absolute atomic E-state index is 10.8. The number of amides is 1. The van der Waals surface area contributed by atoms with Crippen molar-refractivity contribution < 1.29 is 4.79 Å². The first kappa shape index (κ1) is 7.10. The standard InChI is InChI=1S/C8H14N2O/c1-8(6-2-3-6)5-9-7(11)4-10-8/h6,10H,2-5H2,1H3,(H,9,11). The number of carbonyl (C=O) groups excluding carboxylic acids is 1. The van der Waals surface area contributed by atoms with E-state index in [0.29, 0.717) is 6.54 Å². The summed E-state index contributed by atoms with van der Waals surface area (Å²) < 4.78 is 0. The van der Waals surface area contributed by atoms with Gasteiger partial charge in [0.1, 0.15) is 0 Å². The molecule has 2 aliphatic rings. The van der Waals surface area contributed by atoms with Crippen LogP contribution in [0.5, 0.6) is 0 Å². The van der Waals surface area contributed by atoms with E-state index in [1.807, 2.05) is 0 Å². The van der Waals surface area contributed by atoms with E-state index in [2.05, 4.69) is 17.6 Å². The van der Waals surface area contributed by atoms with E-state index in [4.69, 9.17) is 0 Å². The van der Waals surface area contributed by atoms with Crippen molar-refractivity contribution in [2.24, 2.45) is 5.92 Å². The lowest BCUT2D eigenvalue weighted by molar-refractivity contribution is -0.122. The molecule has 1 aliphatic carbocycles. The van der Waals surface area contributed by atoms with Gasteiger partial charge < -0.3 is 10.6 Å². The van der Waals surface area contributed by atoms with Gasteiger partial charge in [0.2, 0.25) is 5.91 Å². The summed E-state index contributed by atoms with van der Waals surface area (Å²) in [5.74, 6) is 0.922. The van der Waals surface area contributed by atoms with Crippen LogP contribution in [-0.4, -0.2) is 24.5 Å². The molecule has 0 aromatic heterocycles. The van der Waals surface area contributed by atoms with Crippen molar-refractivity contribution in [3.05, 3.63) is 0 Å². The van der Waals surface area contributed by atoms with Crippen LogP contribution in [0.25, 0.3) is 0 Å². The zero-order valence-electron chi connectivity index (χ0n) is 6.81. The minimum atomic E-state index is 0.128. The molecule has 11 heavy (non-hydrogen) atoms. The molecule has 1 amide bonds. The number of hydrogen-bond donors (Lipinski definition) is 2. The minimum absolute atomic E-state index is 0.128. The predicted molar refractivity (Wildman–Crippen MR) is 42.1 cm³/mol. The highest BCUT2D eigenvalue weighted by atomic mass is 16.2. The molecule has 1 saturated carbocycles. The Hall–Kier alpha value is -0.570. The quantitative estimate of drug-likeness (QED) is 0.552. The van der Waals surface area contributed by atoms with E-state index in [0.717, 1.165) is 12.5 Å². The normalized spacial score (nSPS) is 38.5. The Balaban J connectivity index is 1.98. The highest BCUT2D eigenvalue weighted by Gasteiger charge is 2.43. The molecule has 2 fully saturated rings. The Labute approximate surface area is 66.5 Å². The molecule has 3 nitrogen and oxygen atoms in total. The topological polar surface area (TPSA) is 41.1 Å². The zero-order valence-corrected chi connectivity index (χ0v) is 6.81. The van der Waals surface area contributed by atoms with Crippen LogP contribution in [0.15, 0.2) is 0 Å². The molecular formula is C8H14N2O. The number of carbonyl (C=O) groups is 1. The lowest BCUT2D eigenvalue weighted by atomic mass is 9.94. The third-order valence-electron chi connectivity index (χ3n) is 2.78. The number of hydrogen-bond acceptors (Lipinski definition) is 2. The molecule has 1 atom stereocenters. The second-order valence-electron chi connectivity index (χ2n) is 3.82. The van der Waals surface area contributed by atoms with Crippen LogP contribution in [0.1, 0.15) is 19.8 Å². The molecule has 0 bridgehead atoms. The van der Waals surface area contributed by atoms with Crippen LogP contribution in [-0.2, 0) is 4.79 Å². The molecule has 1 aliphatic heterocycles. The lowest BCUT2D eigenvalue weighted by Gasteiger charge is -2.35. The van der Waals surface area contributed by atoms with Crippen LogP contribution in [0, 0.1) is 5.92 Å². The summed E-state index contributed by atoms with van der Waals surface area (Å²) in [7, 11) is 0. The Morgan fingerprint density at radius 2 is 2.27 bits per heavy atom. The summed E-state index contributed by atoms with van der Waals surface area (Å²) in [5.41, 5.74) is 0.188. The molecule has 3 heteroatoms. The van der Waals surface area contributed by atoms with Crippen LogP contribution in [0.4, 0.5) is 0 Å². The Morgan fingerprint density at radius 3 is 2.73 bits per heavy atom. The van der Waals surface area contributed by atoms with Crippen molar-refractivity contribution >= 4 is 5.91 Å². The third-order valence-corrected chi connectivity index (χ3v) is 2.78. The van der Waals surface area contributed by atoms with Crippen molar-refractivity contribution in [1.29, 1.82) is 0 Å². The van der Waals surface area contributed by atoms with Crippen LogP contribution in [0.3, 0.4) is 0 Å². The van der Waals surface area contributed by atoms with E-state index < -0.39 is 0 Å². The first-order chi connectivity index (χ1) is 5.21. The summed E-state index contributed by atoms with van der Waals surface area (Å²) in [5, 5.41) is 6.19. The lowest BCUT2D eigenvalue weighted by Crippen LogP contribution is -2.60. The van der Waals surface area contributed by atoms with Gasteiger partial charge in [0.25, 0.3) is 0 Å². The highest BCUT2D eigenvalue weighted by Crippen LogP contribution is 2.39. The number of rotatable bonds is 1. The Morgan fingerprint density at radius 1 is 1.55 bits per heavy atom. The third kappa shape index (κ3) is 1.25. The van der Waals surface area contributed by atoms with Crippen LogP contribution < -0.4 is 10.6 Å². The van der Waals surface area contributed by atoms with E-state index in [9.17, 15) is 4.79 Å². The molecule has 0 aromatic carbocycles. The molecule has 0 aromatic rings. The van der Waals surface area contributed by atoms with Crippen molar-refractivity contribution in [2.75, 3.05) is 13.1 Å². The van der Waals surface area contributed by atoms with E-state index in [-0.39, 0.29) is 11.4 Å². The predicted octanol–water partition coefficient (Wildman–Crippen LogP) is -0.126. The van der Waals surface area contributed by atoms with E-state index in [1.165, 1.54) is 12.8 Å². The maximum atomic E-state index is 10.8. The average molecular weight is 154 g/mol. The van der Waals surface area contributed by atoms with Gasteiger partial charge in [0.15, 0.2) is 0 Å². The molecule has 1 heterocycles. The number of nitrogens with one attached hydrogen (secondary N) is 2. The second kappa shape index (κ2) is 2.21. The summed E-state index contributed by atoms with van der Waals surface area (Å²) in [4.78, 5) is 10.8. The molecule has 1 unspecified atom stereocenters. The average Bonchev–Trinajstić information content (AvgIpc) is 2.77. The molecule has 0 spiro atoms. The summed E-state index contributed by atoms with van der Waals surface area (Å²) >= 11 is 0. The smallest absolute Gasteiger partial charge is 0.234 e. The molecular weight excluding hydrogens is 140 g/mol. The summed E-state index contributed by atoms with van der Waals surface area (Å²) in [6, 6.07) is 0. The first-order valence-electron chi connectivity index (χ1n) is 4.22. The van der Waals surface area contributed by atoms with Crippen molar-refractivity contribution in [3.63, 3.8) is 0 Å². The minimum Gasteiger partial charge on any atom is -0.353 e. The monoisotopic (exact) mass is 154 g/mol. The van der Waals surface area contributed by atoms with Gasteiger partial charge in [0, 0.05) is 12.1 Å². The molecule has 2 N–H and O–H groups in total. The molecule has 1 saturated heterocycles. The SMILES string of the molecule is CC1(C2CC2)CNC(=O)CN1. The van der Waals surface area contributed by atoms with Gasteiger partial charge in [-0.05, 0) is 25.7 Å². The van der Waals surface area contributed by atoms with Gasteiger partial charge in [-0.1, -0.05) is 0 Å². The fourth-order valence-corrected chi connectivity index (χ4v) is 1.70. The van der Waals surface area contributed by atoms with Gasteiger partial charge in [0.05, 0.1) is 6.54 Å². The van der Waals surface area contributed by atoms with Crippen molar-refractivity contribution in [3.8, 4) is 0 Å². The fraction of sp³-hybridized carbons (Fsp3) is 0.875. The van der Waals surface area contributed by atoms with Crippen molar-refractivity contribution in [2.45, 2.75) is 25.3 Å².